The third-order valence-electron chi connectivity index (χ3n) is 3.50. The van der Waals surface area contributed by atoms with E-state index in [2.05, 4.69) is 6.92 Å². The second kappa shape index (κ2) is 4.21. The first kappa shape index (κ1) is 10.5. The second-order valence-corrected chi connectivity index (χ2v) is 4.73. The molecule has 15 heavy (non-hydrogen) atoms. The molecule has 1 saturated carbocycles. The largest absolute Gasteiger partial charge is 0.398 e. The number of hydrogen-bond acceptors (Lipinski definition) is 1. The molecule has 0 spiro atoms. The van der Waals surface area contributed by atoms with Gasteiger partial charge in [-0.05, 0) is 42.4 Å². The van der Waals surface area contributed by atoms with Gasteiger partial charge in [0.1, 0.15) is 5.82 Å². The molecule has 0 aromatic heterocycles. The van der Waals surface area contributed by atoms with Gasteiger partial charge in [0, 0.05) is 5.69 Å². The van der Waals surface area contributed by atoms with E-state index in [1.165, 1.54) is 37.8 Å². The van der Waals surface area contributed by atoms with Crippen LogP contribution in [0.4, 0.5) is 10.1 Å². The predicted molar refractivity (Wildman–Crippen MR) is 61.2 cm³/mol. The third-order valence-corrected chi connectivity index (χ3v) is 3.50. The van der Waals surface area contributed by atoms with Crippen LogP contribution in [0.1, 0.15) is 44.1 Å². The Hall–Kier alpha value is -1.05. The molecule has 1 aromatic rings. The average molecular weight is 207 g/mol. The number of rotatable bonds is 1. The van der Waals surface area contributed by atoms with Crippen molar-refractivity contribution in [3.63, 3.8) is 0 Å². The summed E-state index contributed by atoms with van der Waals surface area (Å²) in [5.41, 5.74) is 7.61. The molecule has 1 aliphatic carbocycles. The number of hydrogen-bond donors (Lipinski definition) is 1. The Bertz CT molecular complexity index is 340. The van der Waals surface area contributed by atoms with Crippen molar-refractivity contribution in [2.45, 2.75) is 38.5 Å². The molecular formula is C13H18FN. The minimum atomic E-state index is -0.236. The molecule has 0 saturated heterocycles. The van der Waals surface area contributed by atoms with Gasteiger partial charge in [0.25, 0.3) is 0 Å². The van der Waals surface area contributed by atoms with Gasteiger partial charge in [0.2, 0.25) is 0 Å². The van der Waals surface area contributed by atoms with E-state index in [1.807, 2.05) is 6.07 Å². The van der Waals surface area contributed by atoms with E-state index in [9.17, 15) is 4.39 Å². The van der Waals surface area contributed by atoms with Gasteiger partial charge >= 0.3 is 0 Å². The van der Waals surface area contributed by atoms with Crippen LogP contribution in [0, 0.1) is 11.7 Å². The lowest BCUT2D eigenvalue weighted by atomic mass is 9.79. The van der Waals surface area contributed by atoms with E-state index in [4.69, 9.17) is 5.73 Å². The van der Waals surface area contributed by atoms with Gasteiger partial charge in [-0.3, -0.25) is 0 Å². The molecule has 1 aromatic carbocycles. The van der Waals surface area contributed by atoms with Crippen LogP contribution < -0.4 is 5.73 Å². The van der Waals surface area contributed by atoms with E-state index in [0.29, 0.717) is 11.6 Å². The van der Waals surface area contributed by atoms with Crippen LogP contribution in [0.25, 0.3) is 0 Å². The molecular weight excluding hydrogens is 189 g/mol. The monoisotopic (exact) mass is 207 g/mol. The lowest BCUT2D eigenvalue weighted by Crippen LogP contribution is -2.12. The van der Waals surface area contributed by atoms with Crippen molar-refractivity contribution < 1.29 is 4.39 Å². The molecule has 1 aliphatic rings. The summed E-state index contributed by atoms with van der Waals surface area (Å²) in [6, 6.07) is 4.81. The highest BCUT2D eigenvalue weighted by Gasteiger charge is 2.21. The number of nitrogens with two attached hydrogens (primary N) is 1. The summed E-state index contributed by atoms with van der Waals surface area (Å²) >= 11 is 0. The van der Waals surface area contributed by atoms with Crippen molar-refractivity contribution in [1.29, 1.82) is 0 Å². The van der Waals surface area contributed by atoms with Crippen molar-refractivity contribution >= 4 is 5.69 Å². The Morgan fingerprint density at radius 2 is 1.87 bits per heavy atom. The fourth-order valence-corrected chi connectivity index (χ4v) is 2.49. The zero-order chi connectivity index (χ0) is 10.8. The molecule has 2 N–H and O–H groups in total. The van der Waals surface area contributed by atoms with Crippen molar-refractivity contribution in [3.8, 4) is 0 Å². The van der Waals surface area contributed by atoms with Gasteiger partial charge in [-0.2, -0.15) is 0 Å². The molecule has 0 bridgehead atoms. The van der Waals surface area contributed by atoms with Crippen molar-refractivity contribution in [3.05, 3.63) is 29.6 Å². The van der Waals surface area contributed by atoms with Gasteiger partial charge in [0.05, 0.1) is 0 Å². The number of anilines is 1. The molecule has 2 heteroatoms. The zero-order valence-electron chi connectivity index (χ0n) is 9.17. The Morgan fingerprint density at radius 3 is 2.47 bits per heavy atom. The number of nitrogen functional groups attached to an aromatic ring is 1. The SMILES string of the molecule is CC1CCC(c2ccc(F)cc2N)CC1. The Morgan fingerprint density at radius 1 is 1.20 bits per heavy atom. The summed E-state index contributed by atoms with van der Waals surface area (Å²) in [4.78, 5) is 0. The van der Waals surface area contributed by atoms with Crippen molar-refractivity contribution in [1.82, 2.24) is 0 Å². The molecule has 1 fully saturated rings. The molecule has 0 radical (unpaired) electrons. The van der Waals surface area contributed by atoms with Gasteiger partial charge in [-0.15, -0.1) is 0 Å². The van der Waals surface area contributed by atoms with Crippen molar-refractivity contribution in [2.75, 3.05) is 5.73 Å². The molecule has 0 unspecified atom stereocenters. The molecule has 0 amide bonds. The average Bonchev–Trinajstić information content (AvgIpc) is 2.20. The number of halogens is 1. The quantitative estimate of drug-likeness (QED) is 0.698. The molecule has 0 atom stereocenters. The second-order valence-electron chi connectivity index (χ2n) is 4.73. The van der Waals surface area contributed by atoms with Crippen molar-refractivity contribution in [2.24, 2.45) is 5.92 Å². The highest BCUT2D eigenvalue weighted by molar-refractivity contribution is 5.48. The Kier molecular flexibility index (Phi) is 2.94. The Labute approximate surface area is 90.5 Å². The smallest absolute Gasteiger partial charge is 0.125 e. The fraction of sp³-hybridized carbons (Fsp3) is 0.538. The molecule has 82 valence electrons. The third kappa shape index (κ3) is 2.31. The van der Waals surface area contributed by atoms with Gasteiger partial charge in [-0.25, -0.2) is 4.39 Å². The van der Waals surface area contributed by atoms with E-state index in [0.717, 1.165) is 11.5 Å². The van der Waals surface area contributed by atoms with Crippen LogP contribution in [0.5, 0.6) is 0 Å². The van der Waals surface area contributed by atoms with Crippen LogP contribution in [-0.2, 0) is 0 Å². The topological polar surface area (TPSA) is 26.0 Å². The van der Waals surface area contributed by atoms with Crippen LogP contribution in [0.2, 0.25) is 0 Å². The minimum Gasteiger partial charge on any atom is -0.398 e. The zero-order valence-corrected chi connectivity index (χ0v) is 9.17. The number of benzene rings is 1. The maximum atomic E-state index is 12.9. The molecule has 0 heterocycles. The highest BCUT2D eigenvalue weighted by Crippen LogP contribution is 2.37. The first-order chi connectivity index (χ1) is 7.16. The standard InChI is InChI=1S/C13H18FN/c1-9-2-4-10(5-3-9)12-7-6-11(14)8-13(12)15/h6-10H,2-5,15H2,1H3. The predicted octanol–water partition coefficient (Wildman–Crippen LogP) is 3.70. The summed E-state index contributed by atoms with van der Waals surface area (Å²) in [6.07, 6.45) is 4.91. The van der Waals surface area contributed by atoms with Gasteiger partial charge in [-0.1, -0.05) is 25.8 Å². The maximum Gasteiger partial charge on any atom is 0.125 e. The fourth-order valence-electron chi connectivity index (χ4n) is 2.49. The van der Waals surface area contributed by atoms with E-state index in [1.54, 1.807) is 0 Å². The minimum absolute atomic E-state index is 0.236. The highest BCUT2D eigenvalue weighted by atomic mass is 19.1. The first-order valence-corrected chi connectivity index (χ1v) is 5.71. The van der Waals surface area contributed by atoms with E-state index < -0.39 is 0 Å². The molecule has 1 nitrogen and oxygen atoms in total. The lowest BCUT2D eigenvalue weighted by Gasteiger charge is -2.27. The Balaban J connectivity index is 2.15. The summed E-state index contributed by atoms with van der Waals surface area (Å²) in [7, 11) is 0. The van der Waals surface area contributed by atoms with E-state index >= 15 is 0 Å². The summed E-state index contributed by atoms with van der Waals surface area (Å²) in [5.74, 6) is 1.14. The summed E-state index contributed by atoms with van der Waals surface area (Å²) in [5, 5.41) is 0. The van der Waals surface area contributed by atoms with Crippen LogP contribution in [0.3, 0.4) is 0 Å². The normalized spacial score (nSPS) is 26.5. The van der Waals surface area contributed by atoms with E-state index in [-0.39, 0.29) is 5.82 Å². The maximum absolute atomic E-state index is 12.9. The van der Waals surface area contributed by atoms with Gasteiger partial charge in [0.15, 0.2) is 0 Å². The molecule has 2 rings (SSSR count). The van der Waals surface area contributed by atoms with Crippen LogP contribution in [-0.4, -0.2) is 0 Å². The lowest BCUT2D eigenvalue weighted by molar-refractivity contribution is 0.348. The first-order valence-electron chi connectivity index (χ1n) is 5.71. The van der Waals surface area contributed by atoms with Crippen LogP contribution in [0.15, 0.2) is 18.2 Å². The summed E-state index contributed by atoms with van der Waals surface area (Å²) in [6.45, 7) is 2.30. The summed E-state index contributed by atoms with van der Waals surface area (Å²) < 4.78 is 12.9. The van der Waals surface area contributed by atoms with Gasteiger partial charge < -0.3 is 5.73 Å². The van der Waals surface area contributed by atoms with Crippen LogP contribution >= 0.6 is 0 Å². The molecule has 0 aliphatic heterocycles.